The summed E-state index contributed by atoms with van der Waals surface area (Å²) < 4.78 is 68.8. The van der Waals surface area contributed by atoms with Crippen LogP contribution in [0.4, 0.5) is 8.63 Å². The Morgan fingerprint density at radius 3 is 0.829 bits per heavy atom. The molecule has 3 heterocycles. The van der Waals surface area contributed by atoms with Gasteiger partial charge in [-0.1, -0.05) is 194 Å². The molecule has 70 heavy (non-hydrogen) atoms. The van der Waals surface area contributed by atoms with E-state index in [1.165, 1.54) is 0 Å². The third-order valence-electron chi connectivity index (χ3n) is 8.67. The van der Waals surface area contributed by atoms with E-state index in [1.54, 1.807) is 170 Å². The fraction of sp³-hybridized carbons (Fsp3) is 0.0667. The Morgan fingerprint density at radius 1 is 0.357 bits per heavy atom. The fourth-order valence-corrected chi connectivity index (χ4v) is 8.28. The Morgan fingerprint density at radius 2 is 0.571 bits per heavy atom. The van der Waals surface area contributed by atoms with E-state index >= 15 is 8.63 Å². The van der Waals surface area contributed by atoms with Crippen LogP contribution < -0.4 is 10.6 Å². The van der Waals surface area contributed by atoms with Crippen LogP contribution >= 0.6 is 89.1 Å². The second-order valence-corrected chi connectivity index (χ2v) is 18.0. The summed E-state index contributed by atoms with van der Waals surface area (Å²) in [5.41, 5.74) is 0.462. The van der Waals surface area contributed by atoms with Crippen LogP contribution in [-0.4, -0.2) is 63.6 Å². The van der Waals surface area contributed by atoms with Crippen LogP contribution in [0, 0.1) is 0 Å². The van der Waals surface area contributed by atoms with Gasteiger partial charge in [-0.15, -0.1) is 101 Å². The zero-order valence-corrected chi connectivity index (χ0v) is 43.2. The molecule has 0 atom stereocenters. The van der Waals surface area contributed by atoms with E-state index in [2.05, 4.69) is 30.9 Å². The van der Waals surface area contributed by atoms with E-state index in [0.29, 0.717) is 32.9 Å². The molecule has 0 radical (unpaired) electrons. The van der Waals surface area contributed by atoms with E-state index in [0.717, 1.165) is 0 Å². The molecule has 3 aliphatic rings. The third kappa shape index (κ3) is 17.2. The second-order valence-electron chi connectivity index (χ2n) is 13.1. The number of halogens is 9. The number of oxime groups is 6. The monoisotopic (exact) mass is 1150 g/mol. The van der Waals surface area contributed by atoms with Crippen molar-refractivity contribution < 1.29 is 54.2 Å². The Hall–Kier alpha value is -4.89. The molecule has 364 valence electrons. The van der Waals surface area contributed by atoms with Crippen molar-refractivity contribution in [2.75, 3.05) is 16.0 Å². The summed E-state index contributed by atoms with van der Waals surface area (Å²) in [5, 5.41) is 26.2. The Balaban J connectivity index is 0.000000991. The van der Waals surface area contributed by atoms with Crippen LogP contribution in [-0.2, 0) is 45.6 Å². The number of benzene rings is 6. The standard InChI is InChI=1S/C42H30B2ClF2N6O6P.3CH2Cl2.Fe/c45-41-42(60(35-27-15-5-16-28-35)36-29-17-6-18-30-36)53-59-44(47)56-50-39(33-23-11-3-12-24-33)37(31-19-7-1-8-20-31)48-54-43(46,58-52-41)55-49-38(32-21-9-2-10-22-32)40(51-57-44)34-25-13-4-14-26-34;3*2-1-3;/h1-30H;3*1H2;/q-2;;;;+2/b48-37+,49-38+,50-39+,51-40+,52-41-,53-42-;;;;. The first kappa shape index (κ1) is 57.7. The molecule has 6 aromatic rings. The summed E-state index contributed by atoms with van der Waals surface area (Å²) >= 11 is 35.4. The van der Waals surface area contributed by atoms with Gasteiger partial charge in [0.25, 0.3) is 0 Å². The number of alkyl halides is 6. The largest absolute Gasteiger partial charge is 2.00 e. The number of fused-ring (bicyclic) bond motifs is 9. The van der Waals surface area contributed by atoms with Crippen molar-refractivity contribution in [1.29, 1.82) is 0 Å². The molecule has 12 nitrogen and oxygen atoms in total. The minimum Gasteiger partial charge on any atom is -0.509 e. The van der Waals surface area contributed by atoms with Crippen molar-refractivity contribution in [3.05, 3.63) is 204 Å². The van der Waals surface area contributed by atoms with Gasteiger partial charge < -0.3 is 37.2 Å². The SMILES string of the molecule is ClCCl.ClCCl.ClCCl.F[B-]12O/N=C(Cl)/C(P(c3ccccc3)c3ccccc3)=N/O[B-](F)(O/N=C(c3ccccc3)/C(c3ccccc3)=N/O1)O/N=C(c1ccccc1)/C(c1ccccc1)=N/O2.[Fe+2]. The van der Waals surface area contributed by atoms with Gasteiger partial charge in [-0.05, 0) is 10.6 Å². The summed E-state index contributed by atoms with van der Waals surface area (Å²) in [7, 11) is -11.2. The molecule has 25 heteroatoms. The average Bonchev–Trinajstić information content (AvgIpc) is 3.38. The minimum atomic E-state index is -4.68. The van der Waals surface area contributed by atoms with Gasteiger partial charge in [-0.3, -0.25) is 0 Å². The Labute approximate surface area is 449 Å². The van der Waals surface area contributed by atoms with Gasteiger partial charge in [0.2, 0.25) is 0 Å². The molecular formula is C45H36B2Cl7F2FeN6O6P. The number of rotatable bonds is 7. The maximum atomic E-state index is 17.8. The van der Waals surface area contributed by atoms with Crippen molar-refractivity contribution in [2.45, 2.75) is 0 Å². The van der Waals surface area contributed by atoms with E-state index < -0.39 is 27.2 Å². The molecule has 0 spiro atoms. The summed E-state index contributed by atoms with van der Waals surface area (Å²) in [6.07, 6.45) is 0. The summed E-state index contributed by atoms with van der Waals surface area (Å²) in [6, 6.07) is 51.6. The van der Waals surface area contributed by atoms with Gasteiger partial charge in [0.1, 0.15) is 28.3 Å². The predicted molar refractivity (Wildman–Crippen MR) is 282 cm³/mol. The van der Waals surface area contributed by atoms with Crippen LogP contribution in [0.25, 0.3) is 0 Å². The smallest absolute Gasteiger partial charge is 0.509 e. The molecule has 3 aliphatic heterocycles. The van der Waals surface area contributed by atoms with Crippen LogP contribution in [0.2, 0.25) is 0 Å². The van der Waals surface area contributed by atoms with Crippen LogP contribution in [0.1, 0.15) is 22.3 Å². The zero-order valence-electron chi connectivity index (χ0n) is 35.9. The second kappa shape index (κ2) is 30.8. The summed E-state index contributed by atoms with van der Waals surface area (Å²) in [4.78, 5) is 0. The van der Waals surface area contributed by atoms with E-state index in [9.17, 15) is 0 Å². The maximum absolute atomic E-state index is 17.8. The van der Waals surface area contributed by atoms with Crippen LogP contribution in [0.3, 0.4) is 0 Å². The van der Waals surface area contributed by atoms with Gasteiger partial charge >= 0.3 is 31.1 Å². The van der Waals surface area contributed by atoms with Crippen molar-refractivity contribution in [3.63, 3.8) is 0 Å². The average molecular weight is 1150 g/mol. The van der Waals surface area contributed by atoms with E-state index in [-0.39, 0.29) is 61.4 Å². The Kier molecular flexibility index (Phi) is 25.3. The molecule has 0 N–H and O–H groups in total. The first-order valence-electron chi connectivity index (χ1n) is 20.0. The number of nitrogens with zero attached hydrogens (tertiary/aromatic N) is 6. The first-order chi connectivity index (χ1) is 33.6. The molecule has 0 saturated carbocycles. The van der Waals surface area contributed by atoms with Crippen molar-refractivity contribution in [1.82, 2.24) is 0 Å². The summed E-state index contributed by atoms with van der Waals surface area (Å²) in [5.74, 6) is 0. The molecule has 0 amide bonds. The van der Waals surface area contributed by atoms with Crippen molar-refractivity contribution in [2.24, 2.45) is 30.9 Å². The van der Waals surface area contributed by atoms with Gasteiger partial charge in [0.05, 0.1) is 16.0 Å². The fourth-order valence-electron chi connectivity index (χ4n) is 5.87. The Bertz CT molecular complexity index is 2530. The minimum absolute atomic E-state index is 0. The van der Waals surface area contributed by atoms with Crippen LogP contribution in [0.15, 0.2) is 213 Å². The van der Waals surface area contributed by atoms with Crippen molar-refractivity contribution in [3.8, 4) is 0 Å². The third-order valence-corrected chi connectivity index (χ3v) is 11.4. The van der Waals surface area contributed by atoms with E-state index in [1.807, 2.05) is 12.1 Å². The molecule has 0 fully saturated rings. The molecule has 0 saturated heterocycles. The van der Waals surface area contributed by atoms with Gasteiger partial charge in [0, 0.05) is 30.2 Å². The number of hydrogen-bond donors (Lipinski definition) is 0. The number of hydrogen-bond acceptors (Lipinski definition) is 12. The quantitative estimate of drug-likeness (QED) is 0.0889. The molecule has 6 aromatic carbocycles. The summed E-state index contributed by atoms with van der Waals surface area (Å²) in [6.45, 7) is 0. The first-order valence-corrected chi connectivity index (χ1v) is 24.9. The zero-order chi connectivity index (χ0) is 49.3. The normalized spacial score (nSPS) is 22.0. The predicted octanol–water partition coefficient (Wildman–Crippen LogP) is 12.8. The molecular weight excluding hydrogens is 1120 g/mol. The van der Waals surface area contributed by atoms with Crippen LogP contribution in [0.5, 0.6) is 0 Å². The van der Waals surface area contributed by atoms with Gasteiger partial charge in [-0.25, -0.2) is 0 Å². The van der Waals surface area contributed by atoms with E-state index in [4.69, 9.17) is 110 Å². The topological polar surface area (TPSA) is 130 Å². The van der Waals surface area contributed by atoms with Crippen molar-refractivity contribution >= 4 is 147 Å². The maximum Gasteiger partial charge on any atom is 2.00 e. The van der Waals surface area contributed by atoms with Gasteiger partial charge in [-0.2, -0.15) is 0 Å². The van der Waals surface area contributed by atoms with Gasteiger partial charge in [0.15, 0.2) is 5.17 Å². The molecule has 0 aliphatic carbocycles. The molecule has 9 rings (SSSR count). The molecule has 0 unspecified atom stereocenters. The molecule has 0 aromatic heterocycles. The molecule has 2 bridgehead atoms.